The summed E-state index contributed by atoms with van der Waals surface area (Å²) in [5, 5.41) is 6.77. The highest BCUT2D eigenvalue weighted by atomic mass is 16.5. The topological polar surface area (TPSA) is 93.2 Å². The first kappa shape index (κ1) is 21.7. The molecule has 4 rings (SSSR count). The molecule has 0 unspecified atom stereocenters. The van der Waals surface area contributed by atoms with E-state index in [1.165, 1.54) is 25.4 Å². The first-order chi connectivity index (χ1) is 16.1. The number of nitrogens with one attached hydrogen (secondary N) is 2. The van der Waals surface area contributed by atoms with Gasteiger partial charge in [-0.2, -0.15) is 0 Å². The Morgan fingerprint density at radius 2 is 1.67 bits per heavy atom. The molecule has 1 amide bonds. The van der Waals surface area contributed by atoms with Crippen molar-refractivity contribution in [1.29, 1.82) is 0 Å². The van der Waals surface area contributed by atoms with E-state index < -0.39 is 0 Å². The number of rotatable bonds is 8. The van der Waals surface area contributed by atoms with E-state index in [2.05, 4.69) is 20.6 Å². The molecule has 1 aromatic heterocycles. The third kappa shape index (κ3) is 6.01. The number of ketones is 1. The van der Waals surface area contributed by atoms with Crippen molar-refractivity contribution in [3.63, 3.8) is 0 Å². The zero-order valence-electron chi connectivity index (χ0n) is 18.0. The lowest BCUT2D eigenvalue weighted by atomic mass is 10.2. The van der Waals surface area contributed by atoms with Gasteiger partial charge in [-0.3, -0.25) is 9.59 Å². The number of carbonyl (C=O) groups excluding carboxylic acids is 2. The normalized spacial score (nSPS) is 10.8. The van der Waals surface area contributed by atoms with Gasteiger partial charge in [0.2, 0.25) is 5.91 Å². The maximum absolute atomic E-state index is 12.0. The van der Waals surface area contributed by atoms with Gasteiger partial charge in [0.1, 0.15) is 24.5 Å². The Morgan fingerprint density at radius 1 is 0.909 bits per heavy atom. The monoisotopic (exact) mass is 438 g/mol. The fourth-order valence-corrected chi connectivity index (χ4v) is 3.12. The molecule has 0 saturated heterocycles. The number of allylic oxidation sites excluding steroid dienone is 1. The molecule has 0 aliphatic heterocycles. The van der Waals surface area contributed by atoms with E-state index >= 15 is 0 Å². The number of hydrogen-bond acceptors (Lipinski definition) is 6. The molecule has 0 radical (unpaired) electrons. The van der Waals surface area contributed by atoms with Crippen molar-refractivity contribution in [3.8, 4) is 5.75 Å². The van der Waals surface area contributed by atoms with E-state index in [0.29, 0.717) is 18.1 Å². The Morgan fingerprint density at radius 3 is 2.42 bits per heavy atom. The first-order valence-electron chi connectivity index (χ1n) is 10.3. The minimum atomic E-state index is -0.387. The first-order valence-corrected chi connectivity index (χ1v) is 10.3. The van der Waals surface area contributed by atoms with Gasteiger partial charge in [0.05, 0.1) is 5.52 Å². The van der Waals surface area contributed by atoms with Crippen LogP contribution in [0.1, 0.15) is 12.5 Å². The third-order valence-corrected chi connectivity index (χ3v) is 4.74. The molecule has 0 aliphatic rings. The van der Waals surface area contributed by atoms with Crippen LogP contribution in [0.3, 0.4) is 0 Å². The minimum Gasteiger partial charge on any atom is -0.489 e. The number of ether oxygens (including phenoxy) is 1. The zero-order chi connectivity index (χ0) is 23.0. The lowest BCUT2D eigenvalue weighted by Gasteiger charge is -2.11. The highest BCUT2D eigenvalue weighted by Gasteiger charge is 2.07. The number of hydrogen-bond donors (Lipinski definition) is 2. The van der Waals surface area contributed by atoms with Crippen LogP contribution in [-0.2, 0) is 16.2 Å². The molecule has 1 heterocycles. The van der Waals surface area contributed by atoms with Crippen LogP contribution in [0.2, 0.25) is 0 Å². The highest BCUT2D eigenvalue weighted by molar-refractivity contribution is 6.04. The quantitative estimate of drug-likeness (QED) is 0.375. The number of nitrogens with zero attached hydrogens (tertiary/aromatic N) is 2. The lowest BCUT2D eigenvalue weighted by Crippen LogP contribution is -2.08. The molecule has 33 heavy (non-hydrogen) atoms. The molecule has 2 N–H and O–H groups in total. The van der Waals surface area contributed by atoms with Crippen LogP contribution in [0.5, 0.6) is 5.75 Å². The molecule has 7 heteroatoms. The summed E-state index contributed by atoms with van der Waals surface area (Å²) in [6.45, 7) is 1.89. The molecule has 0 aliphatic carbocycles. The van der Waals surface area contributed by atoms with Gasteiger partial charge in [-0.25, -0.2) is 9.97 Å². The summed E-state index contributed by atoms with van der Waals surface area (Å²) in [6.07, 6.45) is 3.91. The summed E-state index contributed by atoms with van der Waals surface area (Å²) in [4.78, 5) is 31.7. The molecule has 164 valence electrons. The molecule has 0 fully saturated rings. The Labute approximate surface area is 191 Å². The highest BCUT2D eigenvalue weighted by Crippen LogP contribution is 2.27. The standard InChI is InChI=1S/C26H22N4O3/c1-18(31)7-14-25(32)29-21-10-13-24-23(15-21)26(28-17-27-24)30-20-8-11-22(12-9-20)33-16-19-5-3-2-4-6-19/h2-15,17H,16H2,1H3,(H,29,32)(H,27,28,30). The van der Waals surface area contributed by atoms with Gasteiger partial charge in [0, 0.05) is 22.8 Å². The van der Waals surface area contributed by atoms with Gasteiger partial charge in [-0.05, 0) is 61.0 Å². The number of amides is 1. The number of anilines is 3. The molecular formula is C26H22N4O3. The van der Waals surface area contributed by atoms with Crippen molar-refractivity contribution in [2.45, 2.75) is 13.5 Å². The minimum absolute atomic E-state index is 0.194. The molecule has 0 bridgehead atoms. The second-order valence-corrected chi connectivity index (χ2v) is 7.31. The summed E-state index contributed by atoms with van der Waals surface area (Å²) in [7, 11) is 0. The molecule has 0 spiro atoms. The molecule has 3 aromatic carbocycles. The van der Waals surface area contributed by atoms with Crippen molar-refractivity contribution in [1.82, 2.24) is 9.97 Å². The average Bonchev–Trinajstić information content (AvgIpc) is 2.83. The second-order valence-electron chi connectivity index (χ2n) is 7.31. The predicted octanol–water partition coefficient (Wildman–Crippen LogP) is 5.04. The summed E-state index contributed by atoms with van der Waals surface area (Å²) >= 11 is 0. The van der Waals surface area contributed by atoms with Crippen LogP contribution < -0.4 is 15.4 Å². The fourth-order valence-electron chi connectivity index (χ4n) is 3.12. The molecule has 7 nitrogen and oxygen atoms in total. The number of carbonyl (C=O) groups is 2. The van der Waals surface area contributed by atoms with Gasteiger partial charge in [0.15, 0.2) is 5.78 Å². The summed E-state index contributed by atoms with van der Waals surface area (Å²) < 4.78 is 5.83. The maximum Gasteiger partial charge on any atom is 0.248 e. The number of fused-ring (bicyclic) bond motifs is 1. The number of benzene rings is 3. The summed E-state index contributed by atoms with van der Waals surface area (Å²) in [6, 6.07) is 22.9. The van der Waals surface area contributed by atoms with Crippen molar-refractivity contribution >= 4 is 39.8 Å². The van der Waals surface area contributed by atoms with Crippen LogP contribution in [0, 0.1) is 0 Å². The van der Waals surface area contributed by atoms with E-state index in [0.717, 1.165) is 27.9 Å². The van der Waals surface area contributed by atoms with Crippen molar-refractivity contribution < 1.29 is 14.3 Å². The predicted molar refractivity (Wildman–Crippen MR) is 128 cm³/mol. The summed E-state index contributed by atoms with van der Waals surface area (Å²) in [5.74, 6) is 0.788. The fraction of sp³-hybridized carbons (Fsp3) is 0.0769. The Hall–Kier alpha value is -4.52. The van der Waals surface area contributed by atoms with Gasteiger partial charge >= 0.3 is 0 Å². The largest absolute Gasteiger partial charge is 0.489 e. The molecule has 4 aromatic rings. The smallest absolute Gasteiger partial charge is 0.248 e. The van der Waals surface area contributed by atoms with Crippen LogP contribution in [0.15, 0.2) is 91.3 Å². The van der Waals surface area contributed by atoms with E-state index in [4.69, 9.17) is 4.74 Å². The van der Waals surface area contributed by atoms with Crippen LogP contribution in [0.25, 0.3) is 10.9 Å². The number of aromatic nitrogens is 2. The van der Waals surface area contributed by atoms with Gasteiger partial charge in [0.25, 0.3) is 0 Å². The Balaban J connectivity index is 1.47. The van der Waals surface area contributed by atoms with Crippen LogP contribution >= 0.6 is 0 Å². The van der Waals surface area contributed by atoms with E-state index in [-0.39, 0.29) is 11.7 Å². The van der Waals surface area contributed by atoms with Gasteiger partial charge in [-0.15, -0.1) is 0 Å². The Kier molecular flexibility index (Phi) is 6.70. The van der Waals surface area contributed by atoms with Crippen molar-refractivity contribution in [2.24, 2.45) is 0 Å². The Bertz CT molecular complexity index is 1300. The second kappa shape index (κ2) is 10.2. The van der Waals surface area contributed by atoms with Crippen molar-refractivity contribution in [2.75, 3.05) is 10.6 Å². The summed E-state index contributed by atoms with van der Waals surface area (Å²) in [5.41, 5.74) is 3.24. The molecular weight excluding hydrogens is 416 g/mol. The van der Waals surface area contributed by atoms with Gasteiger partial charge in [-0.1, -0.05) is 30.3 Å². The van der Waals surface area contributed by atoms with E-state index in [9.17, 15) is 9.59 Å². The van der Waals surface area contributed by atoms with E-state index in [1.54, 1.807) is 18.2 Å². The van der Waals surface area contributed by atoms with Crippen molar-refractivity contribution in [3.05, 3.63) is 96.8 Å². The third-order valence-electron chi connectivity index (χ3n) is 4.74. The lowest BCUT2D eigenvalue weighted by molar-refractivity contribution is -0.114. The molecule has 0 atom stereocenters. The SMILES string of the molecule is CC(=O)C=CC(=O)Nc1ccc2ncnc(Nc3ccc(OCc4ccccc4)cc3)c2c1. The van der Waals surface area contributed by atoms with E-state index in [1.807, 2.05) is 54.6 Å². The molecule has 0 saturated carbocycles. The van der Waals surface area contributed by atoms with Gasteiger partial charge < -0.3 is 15.4 Å². The zero-order valence-corrected chi connectivity index (χ0v) is 18.0. The van der Waals surface area contributed by atoms with Crippen LogP contribution in [-0.4, -0.2) is 21.7 Å². The maximum atomic E-state index is 12.0. The average molecular weight is 438 g/mol. The van der Waals surface area contributed by atoms with Crippen LogP contribution in [0.4, 0.5) is 17.2 Å².